The Morgan fingerprint density at radius 3 is 2.86 bits per heavy atom. The minimum absolute atomic E-state index is 0.0718. The van der Waals surface area contributed by atoms with Crippen LogP contribution in [-0.4, -0.2) is 4.98 Å². The number of nitrogens with one attached hydrogen (secondary N) is 1. The van der Waals surface area contributed by atoms with Gasteiger partial charge in [-0.05, 0) is 24.6 Å². The van der Waals surface area contributed by atoms with E-state index in [1.165, 1.54) is 12.3 Å². The molecule has 2 rings (SSSR count). The van der Waals surface area contributed by atoms with Crippen LogP contribution in [-0.2, 0) is 0 Å². The van der Waals surface area contributed by atoms with E-state index in [0.717, 1.165) is 0 Å². The molecule has 0 aliphatic heterocycles. The van der Waals surface area contributed by atoms with Crippen molar-refractivity contribution < 1.29 is 4.39 Å². The van der Waals surface area contributed by atoms with Crippen LogP contribution >= 0.6 is 11.6 Å². The standard InChI is InChI=1S/C10H7ClFNO/c1-5-2-6-9(8(12)3-5)13-4-7(11)10(6)14/h2-4H,1H3,(H,13,14). The predicted molar refractivity (Wildman–Crippen MR) is 54.3 cm³/mol. The Morgan fingerprint density at radius 2 is 2.14 bits per heavy atom. The number of aromatic amines is 1. The van der Waals surface area contributed by atoms with Gasteiger partial charge >= 0.3 is 0 Å². The number of fused-ring (bicyclic) bond motifs is 1. The summed E-state index contributed by atoms with van der Waals surface area (Å²) in [5.41, 5.74) is 0.552. The quantitative estimate of drug-likeness (QED) is 0.714. The van der Waals surface area contributed by atoms with Crippen LogP contribution in [0.4, 0.5) is 4.39 Å². The zero-order chi connectivity index (χ0) is 10.3. The Morgan fingerprint density at radius 1 is 1.43 bits per heavy atom. The molecule has 1 aromatic heterocycles. The second kappa shape index (κ2) is 3.10. The average molecular weight is 212 g/mol. The molecule has 0 bridgehead atoms. The van der Waals surface area contributed by atoms with Gasteiger partial charge in [-0.1, -0.05) is 11.6 Å². The lowest BCUT2D eigenvalue weighted by Gasteiger charge is -2.01. The summed E-state index contributed by atoms with van der Waals surface area (Å²) in [5.74, 6) is -0.436. The fraction of sp³-hybridized carbons (Fsp3) is 0.100. The van der Waals surface area contributed by atoms with E-state index < -0.39 is 5.82 Å². The molecule has 72 valence electrons. The van der Waals surface area contributed by atoms with Crippen molar-refractivity contribution in [1.82, 2.24) is 4.98 Å². The topological polar surface area (TPSA) is 32.9 Å². The highest BCUT2D eigenvalue weighted by Crippen LogP contribution is 2.16. The molecule has 1 heterocycles. The summed E-state index contributed by atoms with van der Waals surface area (Å²) in [7, 11) is 0. The summed E-state index contributed by atoms with van der Waals surface area (Å²) in [4.78, 5) is 14.2. The maximum absolute atomic E-state index is 13.3. The predicted octanol–water partition coefficient (Wildman–Crippen LogP) is 2.63. The van der Waals surface area contributed by atoms with E-state index in [9.17, 15) is 9.18 Å². The number of H-pyrrole nitrogens is 1. The van der Waals surface area contributed by atoms with Crippen molar-refractivity contribution in [1.29, 1.82) is 0 Å². The largest absolute Gasteiger partial charge is 0.357 e. The molecule has 0 amide bonds. The molecule has 0 spiro atoms. The molecule has 2 aromatic rings. The molecule has 1 N–H and O–H groups in total. The molecule has 0 fully saturated rings. The normalized spacial score (nSPS) is 10.8. The van der Waals surface area contributed by atoms with Crippen molar-refractivity contribution in [2.45, 2.75) is 6.92 Å². The number of aromatic nitrogens is 1. The van der Waals surface area contributed by atoms with Crippen molar-refractivity contribution in [2.24, 2.45) is 0 Å². The number of benzene rings is 1. The number of rotatable bonds is 0. The molecule has 0 aliphatic rings. The van der Waals surface area contributed by atoms with E-state index in [4.69, 9.17) is 11.6 Å². The molecule has 14 heavy (non-hydrogen) atoms. The van der Waals surface area contributed by atoms with Crippen LogP contribution in [0, 0.1) is 12.7 Å². The summed E-state index contributed by atoms with van der Waals surface area (Å²) in [6.07, 6.45) is 1.30. The SMILES string of the molecule is Cc1cc(F)c2[nH]cc(Cl)c(=O)c2c1. The van der Waals surface area contributed by atoms with E-state index in [2.05, 4.69) is 4.98 Å². The van der Waals surface area contributed by atoms with Gasteiger partial charge in [0.2, 0.25) is 5.43 Å². The van der Waals surface area contributed by atoms with Crippen molar-refractivity contribution >= 4 is 22.5 Å². The fourth-order valence-electron chi connectivity index (χ4n) is 1.40. The fourth-order valence-corrected chi connectivity index (χ4v) is 1.55. The third-order valence-corrected chi connectivity index (χ3v) is 2.32. The van der Waals surface area contributed by atoms with E-state index in [1.54, 1.807) is 13.0 Å². The van der Waals surface area contributed by atoms with Crippen molar-refractivity contribution in [3.05, 3.63) is 45.0 Å². The van der Waals surface area contributed by atoms with Gasteiger partial charge in [0.25, 0.3) is 0 Å². The van der Waals surface area contributed by atoms with Crippen LogP contribution < -0.4 is 5.43 Å². The van der Waals surface area contributed by atoms with E-state index >= 15 is 0 Å². The minimum Gasteiger partial charge on any atom is -0.357 e. The van der Waals surface area contributed by atoms with Gasteiger partial charge in [-0.3, -0.25) is 4.79 Å². The smallest absolute Gasteiger partial charge is 0.208 e. The van der Waals surface area contributed by atoms with Gasteiger partial charge in [0.1, 0.15) is 10.8 Å². The van der Waals surface area contributed by atoms with E-state index in [-0.39, 0.29) is 21.4 Å². The Kier molecular flexibility index (Phi) is 2.04. The monoisotopic (exact) mass is 211 g/mol. The van der Waals surface area contributed by atoms with Crippen LogP contribution in [0.15, 0.2) is 23.1 Å². The first-order valence-electron chi connectivity index (χ1n) is 4.06. The van der Waals surface area contributed by atoms with Gasteiger partial charge in [0, 0.05) is 6.20 Å². The lowest BCUT2D eigenvalue weighted by Crippen LogP contribution is -2.04. The molecular weight excluding hydrogens is 205 g/mol. The number of aryl methyl sites for hydroxylation is 1. The van der Waals surface area contributed by atoms with Crippen LogP contribution in [0.1, 0.15) is 5.56 Å². The third-order valence-electron chi connectivity index (χ3n) is 2.04. The van der Waals surface area contributed by atoms with Gasteiger partial charge in [0.15, 0.2) is 0 Å². The number of hydrogen-bond donors (Lipinski definition) is 1. The Bertz CT molecular complexity index is 562. The Balaban J connectivity index is 3.03. The maximum Gasteiger partial charge on any atom is 0.208 e. The molecule has 0 atom stereocenters. The Labute approximate surface area is 84.3 Å². The second-order valence-corrected chi connectivity index (χ2v) is 3.54. The zero-order valence-electron chi connectivity index (χ0n) is 7.40. The van der Waals surface area contributed by atoms with Crippen LogP contribution in [0.25, 0.3) is 10.9 Å². The molecule has 0 aliphatic carbocycles. The van der Waals surface area contributed by atoms with Crippen molar-refractivity contribution in [3.8, 4) is 0 Å². The van der Waals surface area contributed by atoms with E-state index in [1.807, 2.05) is 0 Å². The van der Waals surface area contributed by atoms with Crippen molar-refractivity contribution in [3.63, 3.8) is 0 Å². The van der Waals surface area contributed by atoms with Gasteiger partial charge in [0.05, 0.1) is 10.9 Å². The first-order valence-corrected chi connectivity index (χ1v) is 4.44. The molecule has 0 saturated carbocycles. The number of halogens is 2. The van der Waals surface area contributed by atoms with Crippen LogP contribution in [0.5, 0.6) is 0 Å². The first kappa shape index (κ1) is 9.21. The van der Waals surface area contributed by atoms with Gasteiger partial charge < -0.3 is 4.98 Å². The first-order chi connectivity index (χ1) is 6.59. The van der Waals surface area contributed by atoms with Crippen molar-refractivity contribution in [2.75, 3.05) is 0 Å². The van der Waals surface area contributed by atoms with Gasteiger partial charge in [-0.25, -0.2) is 4.39 Å². The number of pyridine rings is 1. The second-order valence-electron chi connectivity index (χ2n) is 3.14. The summed E-state index contributed by atoms with van der Waals surface area (Å²) >= 11 is 5.63. The molecule has 2 nitrogen and oxygen atoms in total. The number of hydrogen-bond acceptors (Lipinski definition) is 1. The van der Waals surface area contributed by atoms with Crippen LogP contribution in [0.3, 0.4) is 0 Å². The van der Waals surface area contributed by atoms with Gasteiger partial charge in [-0.15, -0.1) is 0 Å². The minimum atomic E-state index is -0.436. The molecule has 0 radical (unpaired) electrons. The average Bonchev–Trinajstić information content (AvgIpc) is 2.12. The molecular formula is C10H7ClFNO. The highest BCUT2D eigenvalue weighted by Gasteiger charge is 2.07. The summed E-state index contributed by atoms with van der Waals surface area (Å²) < 4.78 is 13.3. The third kappa shape index (κ3) is 1.30. The summed E-state index contributed by atoms with van der Waals surface area (Å²) in [6.45, 7) is 1.73. The summed E-state index contributed by atoms with van der Waals surface area (Å²) in [6, 6.07) is 2.98. The Hall–Kier alpha value is -1.35. The summed E-state index contributed by atoms with van der Waals surface area (Å²) in [5, 5.41) is 0.359. The maximum atomic E-state index is 13.3. The van der Waals surface area contributed by atoms with E-state index in [0.29, 0.717) is 5.56 Å². The lowest BCUT2D eigenvalue weighted by atomic mass is 10.1. The zero-order valence-corrected chi connectivity index (χ0v) is 8.15. The highest BCUT2D eigenvalue weighted by atomic mass is 35.5. The highest BCUT2D eigenvalue weighted by molar-refractivity contribution is 6.31. The molecule has 0 saturated heterocycles. The molecule has 4 heteroatoms. The van der Waals surface area contributed by atoms with Gasteiger partial charge in [-0.2, -0.15) is 0 Å². The lowest BCUT2D eigenvalue weighted by molar-refractivity contribution is 0.635. The molecule has 0 unspecified atom stereocenters. The van der Waals surface area contributed by atoms with Crippen LogP contribution in [0.2, 0.25) is 5.02 Å². The molecule has 1 aromatic carbocycles.